The van der Waals surface area contributed by atoms with Crippen LogP contribution in [0, 0.1) is 6.92 Å². The zero-order valence-corrected chi connectivity index (χ0v) is 7.58. The standard InChI is InChI=1S/C8H6BF6/c1-5-2-3-6(9(13,14)15)4-7(5)8(10,11)12/h2-4H,1H3/q-1. The molecular weight excluding hydrogens is 221 g/mol. The van der Waals surface area contributed by atoms with Crippen LogP contribution in [0.15, 0.2) is 18.2 Å². The smallest absolute Gasteiger partial charge is 0.445 e. The average molecular weight is 227 g/mol. The molecule has 0 heterocycles. The Hall–Kier alpha value is -1.14. The Balaban J connectivity index is 3.30. The summed E-state index contributed by atoms with van der Waals surface area (Å²) < 4.78 is 73.3. The maximum Gasteiger partial charge on any atom is 0.509 e. The lowest BCUT2D eigenvalue weighted by atomic mass is 9.78. The van der Waals surface area contributed by atoms with E-state index in [-0.39, 0.29) is 11.6 Å². The average Bonchev–Trinajstić information content (AvgIpc) is 2.00. The monoisotopic (exact) mass is 227 g/mol. The normalized spacial score (nSPS) is 13.0. The number of hydrogen-bond acceptors (Lipinski definition) is 0. The van der Waals surface area contributed by atoms with Crippen LogP contribution in [0.4, 0.5) is 26.1 Å². The van der Waals surface area contributed by atoms with E-state index in [2.05, 4.69) is 0 Å². The van der Waals surface area contributed by atoms with Gasteiger partial charge in [-0.2, -0.15) is 13.2 Å². The summed E-state index contributed by atoms with van der Waals surface area (Å²) in [6.45, 7) is -4.27. The van der Waals surface area contributed by atoms with Crippen LogP contribution in [-0.2, 0) is 6.18 Å². The van der Waals surface area contributed by atoms with Gasteiger partial charge in [0.25, 0.3) is 0 Å². The fraction of sp³-hybridized carbons (Fsp3) is 0.250. The first kappa shape index (κ1) is 11.9. The fourth-order valence-corrected chi connectivity index (χ4v) is 1.15. The SMILES string of the molecule is Cc1ccc([B-](F)(F)F)cc1C(F)(F)F. The minimum atomic E-state index is -5.39. The van der Waals surface area contributed by atoms with Crippen molar-refractivity contribution in [2.24, 2.45) is 0 Å². The molecular formula is C8H6BF6-. The number of hydrogen-bond donors (Lipinski definition) is 0. The molecule has 0 atom stereocenters. The summed E-state index contributed by atoms with van der Waals surface area (Å²) in [7, 11) is 0. The summed E-state index contributed by atoms with van der Waals surface area (Å²) >= 11 is 0. The Bertz CT molecular complexity index is 364. The van der Waals surface area contributed by atoms with Crippen LogP contribution in [0.1, 0.15) is 11.1 Å². The molecule has 7 heteroatoms. The molecule has 0 saturated carbocycles. The first-order valence-electron chi connectivity index (χ1n) is 4.00. The van der Waals surface area contributed by atoms with Crippen LogP contribution in [-0.4, -0.2) is 6.98 Å². The zero-order valence-electron chi connectivity index (χ0n) is 7.58. The van der Waals surface area contributed by atoms with Crippen LogP contribution in [0.25, 0.3) is 0 Å². The summed E-state index contributed by atoms with van der Waals surface area (Å²) in [4.78, 5) is 0. The minimum absolute atomic E-state index is 0.148. The fourth-order valence-electron chi connectivity index (χ4n) is 1.15. The highest BCUT2D eigenvalue weighted by Gasteiger charge is 2.34. The van der Waals surface area contributed by atoms with Crippen molar-refractivity contribution in [2.75, 3.05) is 0 Å². The third kappa shape index (κ3) is 2.67. The topological polar surface area (TPSA) is 0 Å². The van der Waals surface area contributed by atoms with Crippen molar-refractivity contribution >= 4 is 12.4 Å². The van der Waals surface area contributed by atoms with E-state index in [9.17, 15) is 26.1 Å². The van der Waals surface area contributed by atoms with Crippen LogP contribution < -0.4 is 5.46 Å². The molecule has 0 aliphatic rings. The van der Waals surface area contributed by atoms with E-state index < -0.39 is 24.2 Å². The molecule has 1 aromatic rings. The summed E-state index contributed by atoms with van der Waals surface area (Å²) in [6.07, 6.45) is -4.75. The molecule has 0 N–H and O–H groups in total. The zero-order chi connectivity index (χ0) is 11.9. The molecule has 0 saturated heterocycles. The second-order valence-corrected chi connectivity index (χ2v) is 3.15. The predicted molar refractivity (Wildman–Crippen MR) is 44.9 cm³/mol. The second kappa shape index (κ2) is 3.46. The van der Waals surface area contributed by atoms with Crippen molar-refractivity contribution in [3.05, 3.63) is 29.3 Å². The minimum Gasteiger partial charge on any atom is -0.445 e. The van der Waals surface area contributed by atoms with Gasteiger partial charge in [0.05, 0.1) is 5.56 Å². The van der Waals surface area contributed by atoms with Gasteiger partial charge in [-0.25, -0.2) is 0 Å². The lowest BCUT2D eigenvalue weighted by Gasteiger charge is -2.18. The van der Waals surface area contributed by atoms with Crippen molar-refractivity contribution in [1.82, 2.24) is 0 Å². The predicted octanol–water partition coefficient (Wildman–Crippen LogP) is 3.07. The van der Waals surface area contributed by atoms with Crippen LogP contribution in [0.2, 0.25) is 0 Å². The van der Waals surface area contributed by atoms with Crippen LogP contribution >= 0.6 is 0 Å². The molecule has 1 rings (SSSR count). The highest BCUT2D eigenvalue weighted by molar-refractivity contribution is 6.73. The molecule has 0 fully saturated rings. The van der Waals surface area contributed by atoms with Gasteiger partial charge in [-0.15, -0.1) is 5.46 Å². The Kier molecular flexibility index (Phi) is 2.76. The van der Waals surface area contributed by atoms with E-state index in [1.165, 1.54) is 0 Å². The van der Waals surface area contributed by atoms with Crippen molar-refractivity contribution in [2.45, 2.75) is 13.1 Å². The summed E-state index contributed by atoms with van der Waals surface area (Å²) in [6, 6.07) is 1.63. The molecule has 15 heavy (non-hydrogen) atoms. The number of halogens is 6. The number of alkyl halides is 3. The maximum absolute atomic E-state index is 12.3. The van der Waals surface area contributed by atoms with Gasteiger partial charge in [-0.3, -0.25) is 0 Å². The molecule has 0 radical (unpaired) electrons. The number of rotatable bonds is 1. The van der Waals surface area contributed by atoms with Crippen molar-refractivity contribution in [1.29, 1.82) is 0 Å². The van der Waals surface area contributed by atoms with Crippen molar-refractivity contribution in [3.63, 3.8) is 0 Å². The molecule has 0 unspecified atom stereocenters. The Morgan fingerprint density at radius 1 is 1.07 bits per heavy atom. The first-order chi connectivity index (χ1) is 6.62. The van der Waals surface area contributed by atoms with E-state index in [4.69, 9.17) is 0 Å². The molecule has 0 aliphatic carbocycles. The molecule has 0 aromatic heterocycles. The number of aryl methyl sites for hydroxylation is 1. The quantitative estimate of drug-likeness (QED) is 0.510. The molecule has 84 valence electrons. The Morgan fingerprint density at radius 3 is 2.00 bits per heavy atom. The number of benzene rings is 1. The third-order valence-corrected chi connectivity index (χ3v) is 1.94. The van der Waals surface area contributed by atoms with Gasteiger partial charge in [0.1, 0.15) is 0 Å². The largest absolute Gasteiger partial charge is 0.509 e. The molecule has 0 bridgehead atoms. The summed E-state index contributed by atoms with van der Waals surface area (Å²) in [5.74, 6) is 0. The lowest BCUT2D eigenvalue weighted by Crippen LogP contribution is -2.35. The van der Waals surface area contributed by atoms with Crippen LogP contribution in [0.5, 0.6) is 0 Å². The summed E-state index contributed by atoms with van der Waals surface area (Å²) in [5, 5.41) is 0. The van der Waals surface area contributed by atoms with E-state index in [1.54, 1.807) is 0 Å². The maximum atomic E-state index is 12.3. The molecule has 0 nitrogen and oxygen atoms in total. The van der Waals surface area contributed by atoms with Crippen molar-refractivity contribution in [3.8, 4) is 0 Å². The van der Waals surface area contributed by atoms with Gasteiger partial charge in [0, 0.05) is 0 Å². The van der Waals surface area contributed by atoms with Gasteiger partial charge in [0.15, 0.2) is 0 Å². The van der Waals surface area contributed by atoms with Crippen molar-refractivity contribution < 1.29 is 26.1 Å². The lowest BCUT2D eigenvalue weighted by molar-refractivity contribution is -0.138. The first-order valence-corrected chi connectivity index (χ1v) is 4.00. The molecule has 0 spiro atoms. The second-order valence-electron chi connectivity index (χ2n) is 3.15. The molecule has 0 aliphatic heterocycles. The van der Waals surface area contributed by atoms with Gasteiger partial charge < -0.3 is 12.9 Å². The molecule has 0 amide bonds. The van der Waals surface area contributed by atoms with Gasteiger partial charge in [-0.05, 0) is 12.5 Å². The van der Waals surface area contributed by atoms with Gasteiger partial charge >= 0.3 is 13.2 Å². The molecule has 1 aromatic carbocycles. The van der Waals surface area contributed by atoms with Gasteiger partial charge in [0.2, 0.25) is 0 Å². The van der Waals surface area contributed by atoms with E-state index >= 15 is 0 Å². The third-order valence-electron chi connectivity index (χ3n) is 1.94. The van der Waals surface area contributed by atoms with E-state index in [0.29, 0.717) is 6.07 Å². The Labute approximate surface area is 82.0 Å². The van der Waals surface area contributed by atoms with E-state index in [1.807, 2.05) is 0 Å². The Morgan fingerprint density at radius 2 is 1.60 bits per heavy atom. The highest BCUT2D eigenvalue weighted by atomic mass is 19.4. The van der Waals surface area contributed by atoms with E-state index in [0.717, 1.165) is 13.0 Å². The summed E-state index contributed by atoms with van der Waals surface area (Å²) in [5.41, 5.74) is -2.68. The van der Waals surface area contributed by atoms with Gasteiger partial charge in [-0.1, -0.05) is 18.2 Å². The highest BCUT2D eigenvalue weighted by Crippen LogP contribution is 2.31. The van der Waals surface area contributed by atoms with Crippen LogP contribution in [0.3, 0.4) is 0 Å².